The van der Waals surface area contributed by atoms with E-state index in [2.05, 4.69) is 0 Å². The summed E-state index contributed by atoms with van der Waals surface area (Å²) in [6.45, 7) is 0.753. The lowest BCUT2D eigenvalue weighted by Gasteiger charge is -2.25. The van der Waals surface area contributed by atoms with E-state index in [1.54, 1.807) is 31.4 Å². The molecule has 0 aliphatic carbocycles. The van der Waals surface area contributed by atoms with E-state index in [0.717, 1.165) is 5.56 Å². The van der Waals surface area contributed by atoms with Crippen molar-refractivity contribution in [1.82, 2.24) is 4.90 Å². The molecule has 1 heterocycles. The topological polar surface area (TPSA) is 92.9 Å². The van der Waals surface area contributed by atoms with Gasteiger partial charge in [0, 0.05) is 12.1 Å². The molecule has 2 aromatic carbocycles. The lowest BCUT2D eigenvalue weighted by atomic mass is 9.95. The highest BCUT2D eigenvalue weighted by atomic mass is 16.5. The summed E-state index contributed by atoms with van der Waals surface area (Å²) in [6, 6.07) is 15.3. The largest absolute Gasteiger partial charge is 0.507 e. The first-order valence-corrected chi connectivity index (χ1v) is 8.76. The Hall–Kier alpha value is -3.12. The Morgan fingerprint density at radius 3 is 2.37 bits per heavy atom. The second-order valence-corrected chi connectivity index (χ2v) is 6.27. The van der Waals surface area contributed by atoms with E-state index >= 15 is 0 Å². The van der Waals surface area contributed by atoms with Crippen molar-refractivity contribution in [2.75, 3.05) is 20.2 Å². The minimum atomic E-state index is -0.686. The zero-order chi connectivity index (χ0) is 19.4. The van der Waals surface area contributed by atoms with Crippen LogP contribution < -0.4 is 10.5 Å². The molecule has 0 saturated carbocycles. The molecule has 1 atom stereocenters. The maximum Gasteiger partial charge on any atom is 0.295 e. The molecule has 2 aromatic rings. The fourth-order valence-corrected chi connectivity index (χ4v) is 3.26. The Bertz CT molecular complexity index is 860. The molecule has 3 N–H and O–H groups in total. The number of ether oxygens (including phenoxy) is 1. The fourth-order valence-electron chi connectivity index (χ4n) is 3.26. The molecule has 0 radical (unpaired) electrons. The van der Waals surface area contributed by atoms with Crippen molar-refractivity contribution < 1.29 is 19.4 Å². The third-order valence-corrected chi connectivity index (χ3v) is 4.62. The van der Waals surface area contributed by atoms with Crippen molar-refractivity contribution >= 4 is 17.4 Å². The van der Waals surface area contributed by atoms with Gasteiger partial charge in [-0.3, -0.25) is 9.59 Å². The standard InChI is InChI=1S/C21H22N2O4/c1-27-16-10-8-15(9-11-16)19(24)17-18(14-6-3-2-4-7-14)23(13-5-12-22)21(26)20(17)25/h2-4,6-11,18,24H,5,12-13,22H2,1H3. The predicted octanol–water partition coefficient (Wildman–Crippen LogP) is 2.47. The van der Waals surface area contributed by atoms with Crippen molar-refractivity contribution in [1.29, 1.82) is 0 Å². The summed E-state index contributed by atoms with van der Waals surface area (Å²) < 4.78 is 5.13. The van der Waals surface area contributed by atoms with Gasteiger partial charge in [-0.2, -0.15) is 0 Å². The predicted molar refractivity (Wildman–Crippen MR) is 102 cm³/mol. The molecule has 140 valence electrons. The summed E-state index contributed by atoms with van der Waals surface area (Å²) in [5, 5.41) is 10.9. The van der Waals surface area contributed by atoms with Gasteiger partial charge < -0.3 is 20.5 Å². The number of rotatable bonds is 6. The van der Waals surface area contributed by atoms with Gasteiger partial charge in [0.05, 0.1) is 18.7 Å². The van der Waals surface area contributed by atoms with Gasteiger partial charge in [-0.1, -0.05) is 30.3 Å². The van der Waals surface area contributed by atoms with E-state index in [1.165, 1.54) is 4.90 Å². The van der Waals surface area contributed by atoms with Crippen LogP contribution in [-0.4, -0.2) is 41.9 Å². The van der Waals surface area contributed by atoms with Gasteiger partial charge in [-0.15, -0.1) is 0 Å². The first-order chi connectivity index (χ1) is 13.1. The van der Waals surface area contributed by atoms with Crippen LogP contribution in [-0.2, 0) is 9.59 Å². The van der Waals surface area contributed by atoms with Crippen LogP contribution in [0.1, 0.15) is 23.6 Å². The molecular weight excluding hydrogens is 344 g/mol. The molecule has 1 aliphatic heterocycles. The maximum atomic E-state index is 12.7. The number of methoxy groups -OCH3 is 1. The molecule has 27 heavy (non-hydrogen) atoms. The van der Waals surface area contributed by atoms with E-state index in [9.17, 15) is 14.7 Å². The fraction of sp³-hybridized carbons (Fsp3) is 0.238. The number of aliphatic hydroxyl groups is 1. The summed E-state index contributed by atoms with van der Waals surface area (Å²) in [4.78, 5) is 26.8. The number of nitrogens with two attached hydrogens (primary N) is 1. The van der Waals surface area contributed by atoms with E-state index < -0.39 is 17.7 Å². The van der Waals surface area contributed by atoms with Gasteiger partial charge in [0.25, 0.3) is 11.7 Å². The van der Waals surface area contributed by atoms with Crippen molar-refractivity contribution in [3.05, 3.63) is 71.3 Å². The van der Waals surface area contributed by atoms with Gasteiger partial charge in [0.1, 0.15) is 11.5 Å². The molecule has 1 amide bonds. The molecular formula is C21H22N2O4. The highest BCUT2D eigenvalue weighted by Crippen LogP contribution is 2.39. The smallest absolute Gasteiger partial charge is 0.295 e. The number of ketones is 1. The van der Waals surface area contributed by atoms with Crippen LogP contribution in [0, 0.1) is 0 Å². The Morgan fingerprint density at radius 1 is 1.11 bits per heavy atom. The number of carbonyl (C=O) groups excluding carboxylic acids is 2. The highest BCUT2D eigenvalue weighted by Gasteiger charge is 2.45. The summed E-state index contributed by atoms with van der Waals surface area (Å²) in [5.41, 5.74) is 6.90. The van der Waals surface area contributed by atoms with Crippen molar-refractivity contribution in [2.24, 2.45) is 5.73 Å². The van der Waals surface area contributed by atoms with Crippen LogP contribution in [0.4, 0.5) is 0 Å². The molecule has 1 unspecified atom stereocenters. The number of likely N-dealkylation sites (tertiary alicyclic amines) is 1. The average molecular weight is 366 g/mol. The Kier molecular flexibility index (Phi) is 5.57. The second-order valence-electron chi connectivity index (χ2n) is 6.27. The summed E-state index contributed by atoms with van der Waals surface area (Å²) in [5.74, 6) is -0.865. The van der Waals surface area contributed by atoms with E-state index in [1.807, 2.05) is 30.3 Å². The number of Topliss-reactive ketones (excluding diaryl/α,β-unsaturated/α-hetero) is 1. The summed E-state index contributed by atoms with van der Waals surface area (Å²) in [7, 11) is 1.55. The Morgan fingerprint density at radius 2 is 1.78 bits per heavy atom. The number of benzene rings is 2. The molecule has 6 nitrogen and oxygen atoms in total. The number of hydrogen-bond acceptors (Lipinski definition) is 5. The Balaban J connectivity index is 2.11. The first-order valence-electron chi connectivity index (χ1n) is 8.76. The van der Waals surface area contributed by atoms with Gasteiger partial charge >= 0.3 is 0 Å². The zero-order valence-electron chi connectivity index (χ0n) is 15.1. The number of carbonyl (C=O) groups is 2. The van der Waals surface area contributed by atoms with E-state index in [4.69, 9.17) is 10.5 Å². The van der Waals surface area contributed by atoms with Gasteiger partial charge in [0.15, 0.2) is 0 Å². The van der Waals surface area contributed by atoms with Gasteiger partial charge in [0.2, 0.25) is 0 Å². The second kappa shape index (κ2) is 8.05. The average Bonchev–Trinajstić information content (AvgIpc) is 2.97. The summed E-state index contributed by atoms with van der Waals surface area (Å²) in [6.07, 6.45) is 0.568. The highest BCUT2D eigenvalue weighted by molar-refractivity contribution is 6.46. The number of amides is 1. The number of nitrogens with zero attached hydrogens (tertiary/aromatic N) is 1. The minimum absolute atomic E-state index is 0.0911. The van der Waals surface area contributed by atoms with Crippen LogP contribution in [0.25, 0.3) is 5.76 Å². The SMILES string of the molecule is COc1ccc(C(O)=C2C(=O)C(=O)N(CCCN)C2c2ccccc2)cc1. The third-order valence-electron chi connectivity index (χ3n) is 4.62. The summed E-state index contributed by atoms with van der Waals surface area (Å²) >= 11 is 0. The molecule has 0 bridgehead atoms. The van der Waals surface area contributed by atoms with Gasteiger partial charge in [-0.05, 0) is 42.8 Å². The molecule has 1 saturated heterocycles. The molecule has 0 aromatic heterocycles. The quantitative estimate of drug-likeness (QED) is 0.465. The van der Waals surface area contributed by atoms with Crippen LogP contribution in [0.2, 0.25) is 0 Å². The lowest BCUT2D eigenvalue weighted by Crippen LogP contribution is -2.31. The monoisotopic (exact) mass is 366 g/mol. The molecule has 6 heteroatoms. The van der Waals surface area contributed by atoms with Crippen molar-refractivity contribution in [3.63, 3.8) is 0 Å². The molecule has 3 rings (SSSR count). The minimum Gasteiger partial charge on any atom is -0.507 e. The lowest BCUT2D eigenvalue weighted by molar-refractivity contribution is -0.139. The zero-order valence-corrected chi connectivity index (χ0v) is 15.1. The van der Waals surface area contributed by atoms with Crippen LogP contribution in [0.15, 0.2) is 60.2 Å². The van der Waals surface area contributed by atoms with Crippen LogP contribution >= 0.6 is 0 Å². The third kappa shape index (κ3) is 3.57. The molecule has 0 spiro atoms. The normalized spacial score (nSPS) is 18.7. The van der Waals surface area contributed by atoms with Crippen molar-refractivity contribution in [3.8, 4) is 5.75 Å². The molecule has 1 aliphatic rings. The van der Waals surface area contributed by atoms with Crippen LogP contribution in [0.5, 0.6) is 5.75 Å². The van der Waals surface area contributed by atoms with Crippen molar-refractivity contribution in [2.45, 2.75) is 12.5 Å². The molecule has 1 fully saturated rings. The van der Waals surface area contributed by atoms with Gasteiger partial charge in [-0.25, -0.2) is 0 Å². The number of hydrogen-bond donors (Lipinski definition) is 2. The first kappa shape index (κ1) is 18.7. The van der Waals surface area contributed by atoms with E-state index in [0.29, 0.717) is 30.8 Å². The van der Waals surface area contributed by atoms with E-state index in [-0.39, 0.29) is 11.3 Å². The Labute approximate surface area is 157 Å². The maximum absolute atomic E-state index is 12.7. The van der Waals surface area contributed by atoms with Crippen LogP contribution in [0.3, 0.4) is 0 Å². The number of aliphatic hydroxyl groups excluding tert-OH is 1.